The summed E-state index contributed by atoms with van der Waals surface area (Å²) in [5, 5.41) is 9.96. The number of benzene rings is 1. The highest BCUT2D eigenvalue weighted by Gasteiger charge is 2.25. The molecule has 1 atom stereocenters. The molecule has 2 aromatic rings. The number of hydrogen-bond acceptors (Lipinski definition) is 3. The van der Waals surface area contributed by atoms with Crippen LogP contribution in [0.15, 0.2) is 36.5 Å². The summed E-state index contributed by atoms with van der Waals surface area (Å²) in [6, 6.07) is 10.7. The number of aryl methyl sites for hydroxylation is 1. The molecule has 1 aliphatic heterocycles. The highest BCUT2D eigenvalue weighted by molar-refractivity contribution is 5.73. The number of aromatic amines is 1. The van der Waals surface area contributed by atoms with Crippen LogP contribution in [0.4, 0.5) is 4.79 Å². The average Bonchev–Trinajstić information content (AvgIpc) is 3.17. The summed E-state index contributed by atoms with van der Waals surface area (Å²) in [5.74, 6) is 0.787. The minimum Gasteiger partial charge on any atom is -0.336 e. The molecule has 1 aromatic carbocycles. The number of nitrogens with one attached hydrogen (secondary N) is 2. The Morgan fingerprint density at radius 3 is 2.63 bits per heavy atom. The van der Waals surface area contributed by atoms with Crippen LogP contribution >= 0.6 is 0 Å². The topological polar surface area (TPSA) is 64.3 Å². The Morgan fingerprint density at radius 2 is 2.00 bits per heavy atom. The molecule has 0 bridgehead atoms. The van der Waals surface area contributed by atoms with Gasteiger partial charge in [0.1, 0.15) is 0 Å². The Hall–Kier alpha value is -2.34. The molecular formula is C21H31N5O. The van der Waals surface area contributed by atoms with Gasteiger partial charge in [-0.05, 0) is 50.4 Å². The van der Waals surface area contributed by atoms with Gasteiger partial charge in [-0.1, -0.05) is 36.8 Å². The minimum atomic E-state index is -0.0629. The van der Waals surface area contributed by atoms with Gasteiger partial charge in [0.15, 0.2) is 0 Å². The molecule has 2 heterocycles. The minimum absolute atomic E-state index is 0.0629. The third-order valence-corrected chi connectivity index (χ3v) is 5.48. The van der Waals surface area contributed by atoms with Crippen molar-refractivity contribution < 1.29 is 4.79 Å². The lowest BCUT2D eigenvalue weighted by molar-refractivity contribution is 0.134. The maximum absolute atomic E-state index is 12.6. The standard InChI is InChI=1S/C21H31N5O/c1-16-4-6-18(7-5-16)20(26-12-9-17(2)10-13-26)14-22-21(27)25(3)15-19-8-11-23-24-19/h4-8,11,17,20H,9-10,12-15H2,1-3H3,(H,22,27)(H,23,24)/t20-/m0/s1. The van der Waals surface area contributed by atoms with E-state index in [1.807, 2.05) is 6.07 Å². The van der Waals surface area contributed by atoms with Gasteiger partial charge >= 0.3 is 6.03 Å². The monoisotopic (exact) mass is 369 g/mol. The number of carbonyl (C=O) groups excluding carboxylic acids is 1. The third kappa shape index (κ3) is 5.32. The predicted molar refractivity (Wildman–Crippen MR) is 107 cm³/mol. The number of likely N-dealkylation sites (tertiary alicyclic amines) is 1. The largest absolute Gasteiger partial charge is 0.336 e. The fraction of sp³-hybridized carbons (Fsp3) is 0.524. The van der Waals surface area contributed by atoms with Gasteiger partial charge in [-0.15, -0.1) is 0 Å². The Balaban J connectivity index is 1.63. The first-order valence-corrected chi connectivity index (χ1v) is 9.80. The third-order valence-electron chi connectivity index (χ3n) is 5.48. The first-order chi connectivity index (χ1) is 13.0. The Morgan fingerprint density at radius 1 is 1.30 bits per heavy atom. The quantitative estimate of drug-likeness (QED) is 0.821. The number of H-pyrrole nitrogens is 1. The van der Waals surface area contributed by atoms with E-state index in [4.69, 9.17) is 0 Å². The van der Waals surface area contributed by atoms with Gasteiger partial charge in [-0.25, -0.2) is 4.79 Å². The van der Waals surface area contributed by atoms with Crippen molar-refractivity contribution in [3.05, 3.63) is 53.3 Å². The maximum atomic E-state index is 12.6. The van der Waals surface area contributed by atoms with E-state index in [-0.39, 0.29) is 12.1 Å². The van der Waals surface area contributed by atoms with Crippen LogP contribution in [0.2, 0.25) is 0 Å². The molecule has 2 N–H and O–H groups in total. The number of hydrogen-bond donors (Lipinski definition) is 2. The normalized spacial score (nSPS) is 16.9. The molecule has 0 aliphatic carbocycles. The van der Waals surface area contributed by atoms with E-state index in [1.54, 1.807) is 18.1 Å². The molecule has 1 aromatic heterocycles. The summed E-state index contributed by atoms with van der Waals surface area (Å²) in [5.41, 5.74) is 3.45. The average molecular weight is 370 g/mol. The predicted octanol–water partition coefficient (Wildman–Crippen LogP) is 3.33. The van der Waals surface area contributed by atoms with Crippen molar-refractivity contribution in [1.82, 2.24) is 25.3 Å². The molecule has 6 nitrogen and oxygen atoms in total. The molecule has 1 fully saturated rings. The van der Waals surface area contributed by atoms with E-state index in [0.717, 1.165) is 24.7 Å². The highest BCUT2D eigenvalue weighted by Crippen LogP contribution is 2.26. The second-order valence-electron chi connectivity index (χ2n) is 7.77. The van der Waals surface area contributed by atoms with E-state index in [2.05, 4.69) is 58.5 Å². The molecule has 1 aliphatic rings. The van der Waals surface area contributed by atoms with Crippen LogP contribution in [0.5, 0.6) is 0 Å². The van der Waals surface area contributed by atoms with Crippen molar-refractivity contribution in [3.8, 4) is 0 Å². The van der Waals surface area contributed by atoms with Gasteiger partial charge in [0, 0.05) is 19.8 Å². The Bertz CT molecular complexity index is 705. The van der Waals surface area contributed by atoms with Crippen molar-refractivity contribution in [2.75, 3.05) is 26.7 Å². The number of aromatic nitrogens is 2. The Kier molecular flexibility index (Phi) is 6.50. The first kappa shape index (κ1) is 19.4. The van der Waals surface area contributed by atoms with Gasteiger partial charge in [-0.3, -0.25) is 10.00 Å². The van der Waals surface area contributed by atoms with Crippen LogP contribution in [0.1, 0.15) is 42.6 Å². The SMILES string of the molecule is Cc1ccc([C@H](CNC(=O)N(C)Cc2ccn[nH]2)N2CCC(C)CC2)cc1. The number of amides is 2. The lowest BCUT2D eigenvalue weighted by Gasteiger charge is -2.37. The summed E-state index contributed by atoms with van der Waals surface area (Å²) in [4.78, 5) is 16.7. The molecule has 6 heteroatoms. The second-order valence-corrected chi connectivity index (χ2v) is 7.77. The van der Waals surface area contributed by atoms with Gasteiger partial charge in [-0.2, -0.15) is 5.10 Å². The molecular weight excluding hydrogens is 338 g/mol. The van der Waals surface area contributed by atoms with Crippen molar-refractivity contribution in [1.29, 1.82) is 0 Å². The summed E-state index contributed by atoms with van der Waals surface area (Å²) in [6.45, 7) is 7.73. The molecule has 0 radical (unpaired) electrons. The molecule has 146 valence electrons. The molecule has 1 saturated heterocycles. The van der Waals surface area contributed by atoms with Crippen LogP contribution in [0, 0.1) is 12.8 Å². The number of rotatable bonds is 6. The van der Waals surface area contributed by atoms with Crippen molar-refractivity contribution in [2.24, 2.45) is 5.92 Å². The summed E-state index contributed by atoms with van der Waals surface area (Å²) < 4.78 is 0. The van der Waals surface area contributed by atoms with E-state index < -0.39 is 0 Å². The molecule has 27 heavy (non-hydrogen) atoms. The Labute approximate surface area is 161 Å². The van der Waals surface area contributed by atoms with Gasteiger partial charge in [0.05, 0.1) is 18.3 Å². The van der Waals surface area contributed by atoms with Crippen LogP contribution in [0.25, 0.3) is 0 Å². The van der Waals surface area contributed by atoms with Gasteiger partial charge in [0.25, 0.3) is 0 Å². The van der Waals surface area contributed by atoms with E-state index >= 15 is 0 Å². The zero-order valence-corrected chi connectivity index (χ0v) is 16.6. The van der Waals surface area contributed by atoms with E-state index in [0.29, 0.717) is 13.1 Å². The van der Waals surface area contributed by atoms with Crippen molar-refractivity contribution in [2.45, 2.75) is 39.3 Å². The maximum Gasteiger partial charge on any atom is 0.317 e. The van der Waals surface area contributed by atoms with Gasteiger partial charge in [0.2, 0.25) is 0 Å². The number of urea groups is 1. The zero-order chi connectivity index (χ0) is 19.2. The van der Waals surface area contributed by atoms with Crippen LogP contribution in [0.3, 0.4) is 0 Å². The van der Waals surface area contributed by atoms with Crippen LogP contribution in [-0.4, -0.2) is 52.7 Å². The summed E-state index contributed by atoms with van der Waals surface area (Å²) in [6.07, 6.45) is 4.14. The molecule has 2 amide bonds. The zero-order valence-electron chi connectivity index (χ0n) is 16.6. The fourth-order valence-electron chi connectivity index (χ4n) is 3.61. The highest BCUT2D eigenvalue weighted by atomic mass is 16.2. The first-order valence-electron chi connectivity index (χ1n) is 9.80. The molecule has 3 rings (SSSR count). The van der Waals surface area contributed by atoms with Crippen LogP contribution < -0.4 is 5.32 Å². The molecule has 0 unspecified atom stereocenters. The second kappa shape index (κ2) is 9.04. The van der Waals surface area contributed by atoms with E-state index in [9.17, 15) is 4.79 Å². The lowest BCUT2D eigenvalue weighted by Crippen LogP contribution is -2.44. The van der Waals surface area contributed by atoms with Crippen LogP contribution in [-0.2, 0) is 6.54 Å². The smallest absolute Gasteiger partial charge is 0.317 e. The lowest BCUT2D eigenvalue weighted by atomic mass is 9.95. The number of carbonyl (C=O) groups is 1. The number of piperidine rings is 1. The molecule has 0 saturated carbocycles. The van der Waals surface area contributed by atoms with Gasteiger partial charge < -0.3 is 10.2 Å². The van der Waals surface area contributed by atoms with Crippen molar-refractivity contribution >= 4 is 6.03 Å². The van der Waals surface area contributed by atoms with Crippen molar-refractivity contribution in [3.63, 3.8) is 0 Å². The fourth-order valence-corrected chi connectivity index (χ4v) is 3.61. The summed E-state index contributed by atoms with van der Waals surface area (Å²) >= 11 is 0. The number of nitrogens with zero attached hydrogens (tertiary/aromatic N) is 3. The van der Waals surface area contributed by atoms with E-state index in [1.165, 1.54) is 24.0 Å². The summed E-state index contributed by atoms with van der Waals surface area (Å²) in [7, 11) is 1.81. The molecule has 0 spiro atoms.